The second-order valence-corrected chi connectivity index (χ2v) is 8.98. The highest BCUT2D eigenvalue weighted by Crippen LogP contribution is 2.41. The number of ketones is 1. The van der Waals surface area contributed by atoms with Crippen molar-refractivity contribution in [3.63, 3.8) is 0 Å². The highest BCUT2D eigenvalue weighted by molar-refractivity contribution is 6.46. The lowest BCUT2D eigenvalue weighted by molar-refractivity contribution is -0.140. The van der Waals surface area contributed by atoms with Crippen LogP contribution in [0.2, 0.25) is 0 Å². The molecule has 1 aliphatic rings. The SMILES string of the molecule is COc1ccc(C(O)=C2C(=O)C(=O)N(Cc3cccnc3)C2c2ccc(OCc3ccccc3)cc2)cc1F. The zero-order chi connectivity index (χ0) is 27.4. The van der Waals surface area contributed by atoms with Gasteiger partial charge in [-0.2, -0.15) is 0 Å². The van der Waals surface area contributed by atoms with Crippen LogP contribution >= 0.6 is 0 Å². The van der Waals surface area contributed by atoms with E-state index in [0.29, 0.717) is 23.5 Å². The molecule has 5 rings (SSSR count). The summed E-state index contributed by atoms with van der Waals surface area (Å²) in [7, 11) is 1.33. The van der Waals surface area contributed by atoms with Gasteiger partial charge >= 0.3 is 0 Å². The number of rotatable bonds is 8. The average Bonchev–Trinajstić information content (AvgIpc) is 3.22. The molecule has 2 heterocycles. The summed E-state index contributed by atoms with van der Waals surface area (Å²) in [5.41, 5.74) is 2.23. The maximum atomic E-state index is 14.5. The third-order valence-corrected chi connectivity index (χ3v) is 6.49. The van der Waals surface area contributed by atoms with E-state index in [1.165, 1.54) is 24.1 Å². The second-order valence-electron chi connectivity index (χ2n) is 8.98. The van der Waals surface area contributed by atoms with E-state index in [0.717, 1.165) is 11.6 Å². The molecule has 7 nitrogen and oxygen atoms in total. The number of benzene rings is 3. The van der Waals surface area contributed by atoms with Crippen molar-refractivity contribution in [1.29, 1.82) is 0 Å². The minimum Gasteiger partial charge on any atom is -0.507 e. The summed E-state index contributed by atoms with van der Waals surface area (Å²) in [6, 6.07) is 23.2. The molecule has 1 unspecified atom stereocenters. The lowest BCUT2D eigenvalue weighted by atomic mass is 9.95. The number of halogens is 1. The van der Waals surface area contributed by atoms with Gasteiger partial charge in [0.05, 0.1) is 18.7 Å². The van der Waals surface area contributed by atoms with Gasteiger partial charge in [-0.3, -0.25) is 14.6 Å². The fourth-order valence-corrected chi connectivity index (χ4v) is 4.53. The van der Waals surface area contributed by atoms with Gasteiger partial charge in [-0.05, 0) is 53.1 Å². The van der Waals surface area contributed by atoms with Crippen molar-refractivity contribution in [3.8, 4) is 11.5 Å². The zero-order valence-electron chi connectivity index (χ0n) is 21.1. The normalized spacial score (nSPS) is 16.4. The number of amides is 1. The number of hydrogen-bond donors (Lipinski definition) is 1. The van der Waals surface area contributed by atoms with E-state index in [1.807, 2.05) is 30.3 Å². The first-order chi connectivity index (χ1) is 19.0. The van der Waals surface area contributed by atoms with Gasteiger partial charge in [-0.1, -0.05) is 48.5 Å². The van der Waals surface area contributed by atoms with E-state index < -0.39 is 29.3 Å². The Morgan fingerprint density at radius 3 is 2.38 bits per heavy atom. The highest BCUT2D eigenvalue weighted by atomic mass is 19.1. The summed E-state index contributed by atoms with van der Waals surface area (Å²) >= 11 is 0. The molecule has 0 spiro atoms. The number of aliphatic hydroxyl groups excluding tert-OH is 1. The Hall–Kier alpha value is -4.98. The van der Waals surface area contributed by atoms with Crippen LogP contribution < -0.4 is 9.47 Å². The van der Waals surface area contributed by atoms with Crippen molar-refractivity contribution >= 4 is 17.4 Å². The van der Waals surface area contributed by atoms with Crippen LogP contribution in [0.5, 0.6) is 11.5 Å². The smallest absolute Gasteiger partial charge is 0.295 e. The molecule has 1 saturated heterocycles. The number of carbonyl (C=O) groups is 2. The van der Waals surface area contributed by atoms with Crippen molar-refractivity contribution in [2.75, 3.05) is 7.11 Å². The molecule has 1 aliphatic heterocycles. The summed E-state index contributed by atoms with van der Waals surface area (Å²) in [5, 5.41) is 11.2. The number of pyridine rings is 1. The molecule has 0 aliphatic carbocycles. The van der Waals surface area contributed by atoms with Crippen LogP contribution in [0.4, 0.5) is 4.39 Å². The summed E-state index contributed by atoms with van der Waals surface area (Å²) in [4.78, 5) is 32.0. The van der Waals surface area contributed by atoms with E-state index in [-0.39, 0.29) is 23.4 Å². The Morgan fingerprint density at radius 1 is 0.974 bits per heavy atom. The number of aliphatic hydroxyl groups is 1. The van der Waals surface area contributed by atoms with Crippen molar-refractivity contribution < 1.29 is 28.6 Å². The molecule has 1 aromatic heterocycles. The Morgan fingerprint density at radius 2 is 1.72 bits per heavy atom. The molecule has 39 heavy (non-hydrogen) atoms. The van der Waals surface area contributed by atoms with Gasteiger partial charge in [0, 0.05) is 24.5 Å². The second kappa shape index (κ2) is 11.2. The van der Waals surface area contributed by atoms with E-state index in [9.17, 15) is 19.1 Å². The summed E-state index contributed by atoms with van der Waals surface area (Å²) in [6.45, 7) is 0.464. The maximum absolute atomic E-state index is 14.5. The van der Waals surface area contributed by atoms with Crippen LogP contribution in [0, 0.1) is 5.82 Å². The molecule has 0 saturated carbocycles. The van der Waals surface area contributed by atoms with Gasteiger partial charge in [0.2, 0.25) is 0 Å². The molecule has 196 valence electrons. The number of methoxy groups -OCH3 is 1. The Kier molecular flexibility index (Phi) is 7.36. The first kappa shape index (κ1) is 25.7. The van der Waals surface area contributed by atoms with Crippen molar-refractivity contribution in [2.45, 2.75) is 19.2 Å². The molecule has 1 N–H and O–H groups in total. The lowest BCUT2D eigenvalue weighted by Gasteiger charge is -2.25. The standard InChI is InChI=1S/C31H25FN2O5/c1-38-26-14-11-23(16-25(26)32)29(35)27-28(34(31(37)30(27)36)18-21-8-5-15-33-17-21)22-9-12-24(13-10-22)39-19-20-6-3-2-4-7-20/h2-17,28,35H,18-19H2,1H3. The third-order valence-electron chi connectivity index (χ3n) is 6.49. The molecular formula is C31H25FN2O5. The molecule has 8 heteroatoms. The highest BCUT2D eigenvalue weighted by Gasteiger charge is 2.46. The predicted octanol–water partition coefficient (Wildman–Crippen LogP) is 5.43. The van der Waals surface area contributed by atoms with Gasteiger partial charge < -0.3 is 19.5 Å². The van der Waals surface area contributed by atoms with Gasteiger partial charge in [0.1, 0.15) is 18.1 Å². The third kappa shape index (κ3) is 5.36. The molecule has 1 fully saturated rings. The van der Waals surface area contributed by atoms with Gasteiger partial charge in [0.15, 0.2) is 11.6 Å². The first-order valence-corrected chi connectivity index (χ1v) is 12.2. The summed E-state index contributed by atoms with van der Waals surface area (Å²) in [5.74, 6) is -2.22. The summed E-state index contributed by atoms with van der Waals surface area (Å²) < 4.78 is 25.3. The number of carbonyl (C=O) groups excluding carboxylic acids is 2. The fraction of sp³-hybridized carbons (Fsp3) is 0.129. The number of aromatic nitrogens is 1. The summed E-state index contributed by atoms with van der Waals surface area (Å²) in [6.07, 6.45) is 3.22. The van der Waals surface area contributed by atoms with Gasteiger partial charge in [-0.15, -0.1) is 0 Å². The molecule has 1 amide bonds. The Labute approximate surface area is 224 Å². The first-order valence-electron chi connectivity index (χ1n) is 12.2. The minimum absolute atomic E-state index is 0.00813. The van der Waals surface area contributed by atoms with Crippen molar-refractivity contribution in [1.82, 2.24) is 9.88 Å². The molecule has 4 aromatic rings. The number of ether oxygens (including phenoxy) is 2. The maximum Gasteiger partial charge on any atom is 0.295 e. The van der Waals surface area contributed by atoms with Crippen LogP contribution in [0.25, 0.3) is 5.76 Å². The van der Waals surface area contributed by atoms with E-state index in [1.54, 1.807) is 48.8 Å². The van der Waals surface area contributed by atoms with Gasteiger partial charge in [0.25, 0.3) is 11.7 Å². The number of hydrogen-bond acceptors (Lipinski definition) is 6. The van der Waals surface area contributed by atoms with Crippen molar-refractivity contribution in [2.24, 2.45) is 0 Å². The monoisotopic (exact) mass is 524 g/mol. The van der Waals surface area contributed by atoms with E-state index in [4.69, 9.17) is 9.47 Å². The van der Waals surface area contributed by atoms with Crippen LogP contribution in [-0.4, -0.2) is 33.8 Å². The Bertz CT molecular complexity index is 1520. The fourth-order valence-electron chi connectivity index (χ4n) is 4.53. The molecule has 1 atom stereocenters. The molecule has 3 aromatic carbocycles. The Balaban J connectivity index is 1.53. The van der Waals surface area contributed by atoms with Crippen molar-refractivity contribution in [3.05, 3.63) is 131 Å². The topological polar surface area (TPSA) is 89.0 Å². The van der Waals surface area contributed by atoms with E-state index in [2.05, 4.69) is 4.98 Å². The number of nitrogens with zero attached hydrogens (tertiary/aromatic N) is 2. The largest absolute Gasteiger partial charge is 0.507 e. The average molecular weight is 525 g/mol. The van der Waals surface area contributed by atoms with Crippen LogP contribution in [0.15, 0.2) is 103 Å². The minimum atomic E-state index is -0.918. The molecule has 0 radical (unpaired) electrons. The molecule has 0 bridgehead atoms. The number of Topliss-reactive ketones (excluding diaryl/α,β-unsaturated/α-hetero) is 1. The zero-order valence-corrected chi connectivity index (χ0v) is 21.1. The molecular weight excluding hydrogens is 499 g/mol. The predicted molar refractivity (Wildman–Crippen MR) is 142 cm³/mol. The van der Waals surface area contributed by atoms with E-state index >= 15 is 0 Å². The lowest BCUT2D eigenvalue weighted by Crippen LogP contribution is -2.29. The van der Waals surface area contributed by atoms with Gasteiger partial charge in [-0.25, -0.2) is 4.39 Å². The van der Waals surface area contributed by atoms with Crippen LogP contribution in [0.3, 0.4) is 0 Å². The quantitative estimate of drug-likeness (QED) is 0.188. The van der Waals surface area contributed by atoms with Crippen LogP contribution in [0.1, 0.15) is 28.3 Å². The van der Waals surface area contributed by atoms with Crippen LogP contribution in [-0.2, 0) is 22.7 Å². The number of likely N-dealkylation sites (tertiary alicyclic amines) is 1.